The first kappa shape index (κ1) is 12.4. The van der Waals surface area contributed by atoms with E-state index in [1.807, 2.05) is 0 Å². The van der Waals surface area contributed by atoms with Crippen LogP contribution in [0.2, 0.25) is 0 Å². The third kappa shape index (κ3) is 3.05. The molecule has 1 atom stereocenters. The van der Waals surface area contributed by atoms with E-state index < -0.39 is 0 Å². The van der Waals surface area contributed by atoms with E-state index in [-0.39, 0.29) is 0 Å². The second-order valence-electron chi connectivity index (χ2n) is 5.44. The van der Waals surface area contributed by atoms with Gasteiger partial charge in [-0.2, -0.15) is 0 Å². The van der Waals surface area contributed by atoms with E-state index in [2.05, 4.69) is 59.9 Å². The van der Waals surface area contributed by atoms with E-state index in [0.29, 0.717) is 0 Å². The Kier molecular flexibility index (Phi) is 3.95. The highest BCUT2D eigenvalue weighted by molar-refractivity contribution is 5.67. The minimum atomic E-state index is 0.790. The maximum atomic E-state index is 3.51. The average molecular weight is 251 g/mol. The maximum absolute atomic E-state index is 3.51. The van der Waals surface area contributed by atoms with Crippen LogP contribution >= 0.6 is 0 Å². The molecule has 0 aliphatic carbocycles. The monoisotopic (exact) mass is 251 g/mol. The molecule has 1 heteroatoms. The number of hydrogen-bond donors (Lipinski definition) is 1. The predicted molar refractivity (Wildman–Crippen MR) is 81.2 cm³/mol. The minimum Gasteiger partial charge on any atom is -0.316 e. The highest BCUT2D eigenvalue weighted by Crippen LogP contribution is 2.27. The van der Waals surface area contributed by atoms with E-state index in [0.717, 1.165) is 5.92 Å². The van der Waals surface area contributed by atoms with Gasteiger partial charge in [0.05, 0.1) is 0 Å². The maximum Gasteiger partial charge on any atom is -0.00173 e. The summed E-state index contributed by atoms with van der Waals surface area (Å²) in [5.41, 5.74) is 4.22. The molecular weight excluding hydrogens is 230 g/mol. The largest absolute Gasteiger partial charge is 0.316 e. The van der Waals surface area contributed by atoms with E-state index in [4.69, 9.17) is 0 Å². The molecule has 19 heavy (non-hydrogen) atoms. The second kappa shape index (κ2) is 6.03. The molecule has 1 saturated heterocycles. The summed E-state index contributed by atoms with van der Waals surface area (Å²) in [7, 11) is 0. The number of benzene rings is 2. The van der Waals surface area contributed by atoms with Crippen LogP contribution < -0.4 is 5.32 Å². The van der Waals surface area contributed by atoms with Crippen LogP contribution in [-0.2, 0) is 6.42 Å². The standard InChI is InChI=1S/C18H21N/c1-2-8-16(9-3-1)18-11-5-4-10-17(18)13-15-7-6-12-19-14-15/h1-5,8-11,15,19H,6-7,12-14H2. The smallest absolute Gasteiger partial charge is 0.00173 e. The first-order chi connectivity index (χ1) is 9.43. The van der Waals surface area contributed by atoms with Crippen molar-refractivity contribution in [2.45, 2.75) is 19.3 Å². The molecular formula is C18H21N. The van der Waals surface area contributed by atoms with Crippen molar-refractivity contribution in [3.05, 3.63) is 60.2 Å². The van der Waals surface area contributed by atoms with Crippen LogP contribution in [0.4, 0.5) is 0 Å². The van der Waals surface area contributed by atoms with Gasteiger partial charge in [0.1, 0.15) is 0 Å². The molecule has 1 unspecified atom stereocenters. The van der Waals surface area contributed by atoms with Crippen LogP contribution in [0, 0.1) is 5.92 Å². The Hall–Kier alpha value is -1.60. The Morgan fingerprint density at radius 3 is 2.53 bits per heavy atom. The van der Waals surface area contributed by atoms with Gasteiger partial charge in [-0.25, -0.2) is 0 Å². The quantitative estimate of drug-likeness (QED) is 0.872. The molecule has 98 valence electrons. The lowest BCUT2D eigenvalue weighted by molar-refractivity contribution is 0.376. The van der Waals surface area contributed by atoms with Gasteiger partial charge >= 0.3 is 0 Å². The van der Waals surface area contributed by atoms with Crippen LogP contribution in [0.1, 0.15) is 18.4 Å². The zero-order valence-corrected chi connectivity index (χ0v) is 11.3. The zero-order valence-electron chi connectivity index (χ0n) is 11.3. The van der Waals surface area contributed by atoms with Crippen LogP contribution in [0.15, 0.2) is 54.6 Å². The van der Waals surface area contributed by atoms with Gasteiger partial charge < -0.3 is 5.32 Å². The van der Waals surface area contributed by atoms with Crippen LogP contribution in [0.25, 0.3) is 11.1 Å². The number of rotatable bonds is 3. The molecule has 0 bridgehead atoms. The van der Waals surface area contributed by atoms with Crippen molar-refractivity contribution in [2.75, 3.05) is 13.1 Å². The molecule has 1 aliphatic rings. The lowest BCUT2D eigenvalue weighted by Gasteiger charge is -2.23. The SMILES string of the molecule is c1ccc(-c2ccccc2CC2CCCNC2)cc1. The summed E-state index contributed by atoms with van der Waals surface area (Å²) < 4.78 is 0. The Morgan fingerprint density at radius 1 is 0.947 bits per heavy atom. The normalized spacial score (nSPS) is 19.3. The van der Waals surface area contributed by atoms with E-state index in [1.54, 1.807) is 0 Å². The Morgan fingerprint density at radius 2 is 1.74 bits per heavy atom. The van der Waals surface area contributed by atoms with Gasteiger partial charge in [0.2, 0.25) is 0 Å². The topological polar surface area (TPSA) is 12.0 Å². The molecule has 0 aromatic heterocycles. The molecule has 1 fully saturated rings. The van der Waals surface area contributed by atoms with E-state index in [9.17, 15) is 0 Å². The van der Waals surface area contributed by atoms with Crippen molar-refractivity contribution in [3.8, 4) is 11.1 Å². The van der Waals surface area contributed by atoms with Crippen molar-refractivity contribution in [1.29, 1.82) is 0 Å². The van der Waals surface area contributed by atoms with Crippen molar-refractivity contribution in [2.24, 2.45) is 5.92 Å². The Balaban J connectivity index is 1.85. The highest BCUT2D eigenvalue weighted by Gasteiger charge is 2.15. The molecule has 0 saturated carbocycles. The average Bonchev–Trinajstić information content (AvgIpc) is 2.50. The molecule has 0 amide bonds. The van der Waals surface area contributed by atoms with Gasteiger partial charge in [-0.05, 0) is 55.0 Å². The third-order valence-corrected chi connectivity index (χ3v) is 4.01. The Labute approximate surface area is 115 Å². The number of nitrogens with one attached hydrogen (secondary N) is 1. The van der Waals surface area contributed by atoms with Crippen LogP contribution in [0.3, 0.4) is 0 Å². The van der Waals surface area contributed by atoms with Gasteiger partial charge in [-0.3, -0.25) is 0 Å². The van der Waals surface area contributed by atoms with Gasteiger partial charge in [-0.15, -0.1) is 0 Å². The third-order valence-electron chi connectivity index (χ3n) is 4.01. The fraction of sp³-hybridized carbons (Fsp3) is 0.333. The van der Waals surface area contributed by atoms with Gasteiger partial charge in [0.25, 0.3) is 0 Å². The highest BCUT2D eigenvalue weighted by atomic mass is 14.9. The molecule has 1 heterocycles. The van der Waals surface area contributed by atoms with Gasteiger partial charge in [-0.1, -0.05) is 54.6 Å². The fourth-order valence-electron chi connectivity index (χ4n) is 3.01. The summed E-state index contributed by atoms with van der Waals surface area (Å²) in [5.74, 6) is 0.790. The second-order valence-corrected chi connectivity index (χ2v) is 5.44. The molecule has 1 N–H and O–H groups in total. The molecule has 0 spiro atoms. The molecule has 0 radical (unpaired) electrons. The summed E-state index contributed by atoms with van der Waals surface area (Å²) in [6.07, 6.45) is 3.87. The number of piperidine rings is 1. The predicted octanol–water partition coefficient (Wildman–Crippen LogP) is 3.90. The first-order valence-electron chi connectivity index (χ1n) is 7.27. The molecule has 1 aliphatic heterocycles. The fourth-order valence-corrected chi connectivity index (χ4v) is 3.01. The molecule has 2 aromatic carbocycles. The summed E-state index contributed by atoms with van der Waals surface area (Å²) in [5, 5.41) is 3.51. The summed E-state index contributed by atoms with van der Waals surface area (Å²) >= 11 is 0. The summed E-state index contributed by atoms with van der Waals surface area (Å²) in [6, 6.07) is 19.6. The first-order valence-corrected chi connectivity index (χ1v) is 7.27. The Bertz CT molecular complexity index is 512. The van der Waals surface area contributed by atoms with Crippen molar-refractivity contribution in [3.63, 3.8) is 0 Å². The summed E-state index contributed by atoms with van der Waals surface area (Å²) in [4.78, 5) is 0. The van der Waals surface area contributed by atoms with Gasteiger partial charge in [0.15, 0.2) is 0 Å². The van der Waals surface area contributed by atoms with E-state index >= 15 is 0 Å². The van der Waals surface area contributed by atoms with Crippen molar-refractivity contribution < 1.29 is 0 Å². The lowest BCUT2D eigenvalue weighted by Crippen LogP contribution is -2.30. The van der Waals surface area contributed by atoms with Gasteiger partial charge in [0, 0.05) is 0 Å². The molecule has 1 nitrogen and oxygen atoms in total. The minimum absolute atomic E-state index is 0.790. The summed E-state index contributed by atoms with van der Waals surface area (Å²) in [6.45, 7) is 2.36. The molecule has 3 rings (SSSR count). The van der Waals surface area contributed by atoms with Crippen LogP contribution in [0.5, 0.6) is 0 Å². The van der Waals surface area contributed by atoms with Crippen molar-refractivity contribution >= 4 is 0 Å². The van der Waals surface area contributed by atoms with Crippen LogP contribution in [-0.4, -0.2) is 13.1 Å². The number of hydrogen-bond acceptors (Lipinski definition) is 1. The molecule has 2 aromatic rings. The lowest BCUT2D eigenvalue weighted by atomic mass is 9.88. The van der Waals surface area contributed by atoms with E-state index in [1.165, 1.54) is 49.0 Å². The van der Waals surface area contributed by atoms with Crippen molar-refractivity contribution in [1.82, 2.24) is 5.32 Å². The zero-order chi connectivity index (χ0) is 12.9.